The Bertz CT molecular complexity index is 125. The molecule has 0 aliphatic rings. The van der Waals surface area contributed by atoms with E-state index in [4.69, 9.17) is 0 Å². The standard InChI is InChI=1S/C6H12N2O2/c1-6(10)8(2)4-3-7-5-9/h5H,3-4H2,1-2H3,(H,7,9). The Morgan fingerprint density at radius 2 is 2.30 bits per heavy atom. The van der Waals surface area contributed by atoms with Crippen LogP contribution >= 0.6 is 0 Å². The Labute approximate surface area is 60.2 Å². The highest BCUT2D eigenvalue weighted by atomic mass is 16.2. The molecular weight excluding hydrogens is 132 g/mol. The van der Waals surface area contributed by atoms with Crippen molar-refractivity contribution in [3.8, 4) is 0 Å². The number of carbonyl (C=O) groups excluding carboxylic acids is 2. The van der Waals surface area contributed by atoms with E-state index in [1.165, 1.54) is 11.8 Å². The summed E-state index contributed by atoms with van der Waals surface area (Å²) < 4.78 is 0. The van der Waals surface area contributed by atoms with Gasteiger partial charge in [-0.2, -0.15) is 0 Å². The average Bonchev–Trinajstić information content (AvgIpc) is 1.88. The van der Waals surface area contributed by atoms with Crippen LogP contribution in [0.5, 0.6) is 0 Å². The molecule has 4 nitrogen and oxygen atoms in total. The van der Waals surface area contributed by atoms with Crippen LogP contribution < -0.4 is 5.32 Å². The molecule has 0 saturated heterocycles. The number of nitrogens with zero attached hydrogens (tertiary/aromatic N) is 1. The molecule has 0 unspecified atom stereocenters. The predicted octanol–water partition coefficient (Wildman–Crippen LogP) is -0.789. The number of amides is 2. The molecule has 0 atom stereocenters. The number of rotatable bonds is 4. The smallest absolute Gasteiger partial charge is 0.219 e. The van der Waals surface area contributed by atoms with E-state index in [-0.39, 0.29) is 5.91 Å². The number of hydrogen-bond acceptors (Lipinski definition) is 2. The molecule has 1 N–H and O–H groups in total. The van der Waals surface area contributed by atoms with E-state index >= 15 is 0 Å². The van der Waals surface area contributed by atoms with E-state index in [2.05, 4.69) is 5.32 Å². The van der Waals surface area contributed by atoms with Gasteiger partial charge < -0.3 is 10.2 Å². The first kappa shape index (κ1) is 8.94. The molecule has 0 saturated carbocycles. The molecule has 4 heteroatoms. The van der Waals surface area contributed by atoms with Gasteiger partial charge in [0.15, 0.2) is 0 Å². The summed E-state index contributed by atoms with van der Waals surface area (Å²) in [4.78, 5) is 21.8. The highest BCUT2D eigenvalue weighted by Gasteiger charge is 1.98. The van der Waals surface area contributed by atoms with E-state index < -0.39 is 0 Å². The fourth-order valence-electron chi connectivity index (χ4n) is 0.449. The van der Waals surface area contributed by atoms with Gasteiger partial charge in [0.25, 0.3) is 0 Å². The summed E-state index contributed by atoms with van der Waals surface area (Å²) >= 11 is 0. The Morgan fingerprint density at radius 1 is 1.70 bits per heavy atom. The quantitative estimate of drug-likeness (QED) is 0.415. The summed E-state index contributed by atoms with van der Waals surface area (Å²) in [5.41, 5.74) is 0. The summed E-state index contributed by atoms with van der Waals surface area (Å²) in [7, 11) is 1.69. The minimum atomic E-state index is 0.00713. The molecule has 0 aromatic carbocycles. The Kier molecular flexibility index (Phi) is 4.28. The van der Waals surface area contributed by atoms with Crippen LogP contribution in [-0.4, -0.2) is 37.4 Å². The van der Waals surface area contributed by atoms with Gasteiger partial charge in [0, 0.05) is 27.1 Å². The maximum atomic E-state index is 10.5. The lowest BCUT2D eigenvalue weighted by Crippen LogP contribution is -2.31. The van der Waals surface area contributed by atoms with Crippen LogP contribution in [0, 0.1) is 0 Å². The van der Waals surface area contributed by atoms with Crippen LogP contribution in [0.25, 0.3) is 0 Å². The minimum absolute atomic E-state index is 0.00713. The molecule has 0 radical (unpaired) electrons. The second kappa shape index (κ2) is 4.78. The van der Waals surface area contributed by atoms with Crippen LogP contribution in [0.2, 0.25) is 0 Å². The van der Waals surface area contributed by atoms with Gasteiger partial charge in [-0.3, -0.25) is 9.59 Å². The van der Waals surface area contributed by atoms with Crippen LogP contribution in [-0.2, 0) is 9.59 Å². The molecule has 58 valence electrons. The first-order chi connectivity index (χ1) is 4.68. The van der Waals surface area contributed by atoms with Gasteiger partial charge in [-0.15, -0.1) is 0 Å². The minimum Gasteiger partial charge on any atom is -0.357 e. The summed E-state index contributed by atoms with van der Waals surface area (Å²) in [6.07, 6.45) is 0.619. The van der Waals surface area contributed by atoms with E-state index in [0.717, 1.165) is 0 Å². The van der Waals surface area contributed by atoms with Crippen LogP contribution in [0.4, 0.5) is 0 Å². The van der Waals surface area contributed by atoms with Crippen LogP contribution in [0.15, 0.2) is 0 Å². The SMILES string of the molecule is CC(=O)N(C)CCNC=O. The van der Waals surface area contributed by atoms with Crippen molar-refractivity contribution in [3.05, 3.63) is 0 Å². The zero-order valence-corrected chi connectivity index (χ0v) is 6.26. The van der Waals surface area contributed by atoms with Gasteiger partial charge in [0.1, 0.15) is 0 Å². The van der Waals surface area contributed by atoms with E-state index in [1.54, 1.807) is 7.05 Å². The monoisotopic (exact) mass is 144 g/mol. The van der Waals surface area contributed by atoms with Crippen molar-refractivity contribution in [3.63, 3.8) is 0 Å². The Morgan fingerprint density at radius 3 is 2.70 bits per heavy atom. The molecule has 0 spiro atoms. The third kappa shape index (κ3) is 3.88. The van der Waals surface area contributed by atoms with Crippen LogP contribution in [0.1, 0.15) is 6.92 Å². The van der Waals surface area contributed by atoms with Gasteiger partial charge in [-0.25, -0.2) is 0 Å². The third-order valence-electron chi connectivity index (χ3n) is 1.21. The first-order valence-corrected chi connectivity index (χ1v) is 3.07. The zero-order chi connectivity index (χ0) is 7.98. The predicted molar refractivity (Wildman–Crippen MR) is 37.4 cm³/mol. The highest BCUT2D eigenvalue weighted by Crippen LogP contribution is 1.79. The number of hydrogen-bond donors (Lipinski definition) is 1. The molecule has 0 fully saturated rings. The van der Waals surface area contributed by atoms with Crippen molar-refractivity contribution in [2.45, 2.75) is 6.92 Å². The molecule has 10 heavy (non-hydrogen) atoms. The summed E-state index contributed by atoms with van der Waals surface area (Å²) in [5.74, 6) is 0.00713. The van der Waals surface area contributed by atoms with Gasteiger partial charge in [-0.05, 0) is 0 Å². The third-order valence-corrected chi connectivity index (χ3v) is 1.21. The molecule has 0 aliphatic heterocycles. The normalized spacial score (nSPS) is 8.60. The largest absolute Gasteiger partial charge is 0.357 e. The highest BCUT2D eigenvalue weighted by molar-refractivity contribution is 5.72. The molecule has 0 aliphatic carbocycles. The molecular formula is C6H12N2O2. The molecule has 0 rings (SSSR count). The molecule has 0 heterocycles. The van der Waals surface area contributed by atoms with E-state index in [0.29, 0.717) is 19.5 Å². The van der Waals surface area contributed by atoms with Crippen molar-refractivity contribution >= 4 is 12.3 Å². The molecule has 0 aromatic heterocycles. The lowest BCUT2D eigenvalue weighted by molar-refractivity contribution is -0.127. The molecule has 0 bridgehead atoms. The van der Waals surface area contributed by atoms with Crippen molar-refractivity contribution in [1.29, 1.82) is 0 Å². The van der Waals surface area contributed by atoms with Crippen molar-refractivity contribution in [1.82, 2.24) is 10.2 Å². The lowest BCUT2D eigenvalue weighted by atomic mass is 10.5. The average molecular weight is 144 g/mol. The second-order valence-corrected chi connectivity index (χ2v) is 2.01. The maximum absolute atomic E-state index is 10.5. The van der Waals surface area contributed by atoms with Gasteiger partial charge in [0.05, 0.1) is 0 Å². The number of likely N-dealkylation sites (N-methyl/N-ethyl adjacent to an activating group) is 1. The van der Waals surface area contributed by atoms with Gasteiger partial charge in [-0.1, -0.05) is 0 Å². The number of carbonyl (C=O) groups is 2. The number of nitrogens with one attached hydrogen (secondary N) is 1. The first-order valence-electron chi connectivity index (χ1n) is 3.07. The van der Waals surface area contributed by atoms with Crippen molar-refractivity contribution in [2.24, 2.45) is 0 Å². The summed E-state index contributed by atoms with van der Waals surface area (Å²) in [6.45, 7) is 2.56. The fourth-order valence-corrected chi connectivity index (χ4v) is 0.449. The van der Waals surface area contributed by atoms with Crippen molar-refractivity contribution < 1.29 is 9.59 Å². The lowest BCUT2D eigenvalue weighted by Gasteiger charge is -2.13. The summed E-state index contributed by atoms with van der Waals surface area (Å²) in [5, 5.41) is 2.46. The van der Waals surface area contributed by atoms with E-state index in [1.807, 2.05) is 0 Å². The Hall–Kier alpha value is -1.06. The molecule has 2 amide bonds. The topological polar surface area (TPSA) is 49.4 Å². The van der Waals surface area contributed by atoms with Crippen LogP contribution in [0.3, 0.4) is 0 Å². The summed E-state index contributed by atoms with van der Waals surface area (Å²) in [6, 6.07) is 0. The van der Waals surface area contributed by atoms with Crippen molar-refractivity contribution in [2.75, 3.05) is 20.1 Å². The van der Waals surface area contributed by atoms with Gasteiger partial charge in [0.2, 0.25) is 12.3 Å². The zero-order valence-electron chi connectivity index (χ0n) is 6.26. The Balaban J connectivity index is 3.30. The maximum Gasteiger partial charge on any atom is 0.219 e. The van der Waals surface area contributed by atoms with E-state index in [9.17, 15) is 9.59 Å². The molecule has 0 aromatic rings. The second-order valence-electron chi connectivity index (χ2n) is 2.01. The fraction of sp³-hybridized carbons (Fsp3) is 0.667. The van der Waals surface area contributed by atoms with Gasteiger partial charge >= 0.3 is 0 Å².